The molecule has 1 N–H and O–H groups in total. The number of sulfonamides is 1. The van der Waals surface area contributed by atoms with Crippen LogP contribution >= 0.6 is 0 Å². The predicted octanol–water partition coefficient (Wildman–Crippen LogP) is 2.52. The van der Waals surface area contributed by atoms with Crippen LogP contribution in [-0.2, 0) is 23.5 Å². The van der Waals surface area contributed by atoms with E-state index >= 15 is 0 Å². The third kappa shape index (κ3) is 3.81. The lowest BCUT2D eigenvalue weighted by atomic mass is 10.2. The molecule has 0 atom stereocenters. The van der Waals surface area contributed by atoms with E-state index in [1.54, 1.807) is 44.6 Å². The Morgan fingerprint density at radius 1 is 1.31 bits per heavy atom. The average Bonchev–Trinajstić information content (AvgIpc) is 3.24. The van der Waals surface area contributed by atoms with Gasteiger partial charge in [-0.1, -0.05) is 0 Å². The summed E-state index contributed by atoms with van der Waals surface area (Å²) >= 11 is 0. The fourth-order valence-electron chi connectivity index (χ4n) is 2.71. The largest absolute Gasteiger partial charge is 0.497 e. The first-order chi connectivity index (χ1) is 12.4. The van der Waals surface area contributed by atoms with Gasteiger partial charge in [0.05, 0.1) is 18.3 Å². The third-order valence-corrected chi connectivity index (χ3v) is 5.68. The molecule has 0 saturated heterocycles. The molecule has 0 spiro atoms. The number of aromatic nitrogens is 2. The summed E-state index contributed by atoms with van der Waals surface area (Å²) in [4.78, 5) is 4.75. The van der Waals surface area contributed by atoms with Gasteiger partial charge in [0, 0.05) is 26.2 Å². The van der Waals surface area contributed by atoms with Gasteiger partial charge in [-0.2, -0.15) is 0 Å². The van der Waals surface area contributed by atoms with E-state index in [0.29, 0.717) is 23.5 Å². The van der Waals surface area contributed by atoms with Crippen molar-refractivity contribution in [3.05, 3.63) is 54.2 Å². The fraction of sp³-hybridized carbons (Fsp3) is 0.278. The summed E-state index contributed by atoms with van der Waals surface area (Å²) in [5.74, 6) is 2.08. The Balaban J connectivity index is 1.68. The van der Waals surface area contributed by atoms with Crippen LogP contribution in [0.1, 0.15) is 11.4 Å². The number of rotatable bonds is 7. The van der Waals surface area contributed by atoms with Crippen LogP contribution in [0.5, 0.6) is 5.75 Å². The van der Waals surface area contributed by atoms with Gasteiger partial charge < -0.3 is 13.7 Å². The summed E-state index contributed by atoms with van der Waals surface area (Å²) < 4.78 is 40.0. The van der Waals surface area contributed by atoms with E-state index in [1.165, 1.54) is 0 Å². The molecule has 2 heterocycles. The number of ether oxygens (including phenoxy) is 1. The van der Waals surface area contributed by atoms with Crippen LogP contribution in [0.25, 0.3) is 11.5 Å². The minimum absolute atomic E-state index is 0.245. The van der Waals surface area contributed by atoms with Crippen LogP contribution < -0.4 is 9.46 Å². The number of methoxy groups -OCH3 is 1. The highest BCUT2D eigenvalue weighted by atomic mass is 32.2. The molecule has 0 saturated carbocycles. The highest BCUT2D eigenvalue weighted by molar-refractivity contribution is 7.89. The van der Waals surface area contributed by atoms with Crippen LogP contribution in [0.15, 0.2) is 52.1 Å². The normalized spacial score (nSPS) is 11.7. The van der Waals surface area contributed by atoms with Gasteiger partial charge >= 0.3 is 0 Å². The second-order valence-corrected chi connectivity index (χ2v) is 7.65. The first-order valence-electron chi connectivity index (χ1n) is 8.11. The number of hydrogen-bond donors (Lipinski definition) is 1. The van der Waals surface area contributed by atoms with Gasteiger partial charge in [-0.15, -0.1) is 0 Å². The molecule has 0 aliphatic heterocycles. The van der Waals surface area contributed by atoms with E-state index in [-0.39, 0.29) is 11.4 Å². The smallest absolute Gasteiger partial charge is 0.240 e. The molecule has 1 aromatic carbocycles. The van der Waals surface area contributed by atoms with Crippen molar-refractivity contribution in [2.45, 2.75) is 18.2 Å². The van der Waals surface area contributed by atoms with Crippen molar-refractivity contribution in [3.63, 3.8) is 0 Å². The Hall–Kier alpha value is -2.58. The molecule has 0 unspecified atom stereocenters. The van der Waals surface area contributed by atoms with Crippen molar-refractivity contribution in [3.8, 4) is 17.2 Å². The minimum atomic E-state index is -3.60. The zero-order chi connectivity index (χ0) is 18.7. The summed E-state index contributed by atoms with van der Waals surface area (Å²) in [5.41, 5.74) is 1.36. The van der Waals surface area contributed by atoms with Crippen LogP contribution in [0.4, 0.5) is 0 Å². The molecular formula is C18H21N3O4S. The standard InChI is InChI=1S/C18H21N3O4S/c1-13-11-14(24-3)6-7-17(13)26(22,23)19-9-8-18-20-15(12-21(18)2)16-5-4-10-25-16/h4-7,10-12,19H,8-9H2,1-3H3. The summed E-state index contributed by atoms with van der Waals surface area (Å²) in [7, 11) is -0.178. The minimum Gasteiger partial charge on any atom is -0.497 e. The van der Waals surface area contributed by atoms with E-state index in [1.807, 2.05) is 23.9 Å². The number of furan rings is 1. The van der Waals surface area contributed by atoms with E-state index < -0.39 is 10.0 Å². The number of benzene rings is 1. The van der Waals surface area contributed by atoms with Crippen molar-refractivity contribution in [2.75, 3.05) is 13.7 Å². The molecule has 0 bridgehead atoms. The highest BCUT2D eigenvalue weighted by Crippen LogP contribution is 2.21. The topological polar surface area (TPSA) is 86.4 Å². The maximum atomic E-state index is 12.5. The first kappa shape index (κ1) is 18.2. The van der Waals surface area contributed by atoms with Gasteiger partial charge in [-0.3, -0.25) is 0 Å². The van der Waals surface area contributed by atoms with E-state index in [2.05, 4.69) is 9.71 Å². The maximum absolute atomic E-state index is 12.5. The molecule has 138 valence electrons. The molecule has 0 radical (unpaired) electrons. The monoisotopic (exact) mass is 375 g/mol. The van der Waals surface area contributed by atoms with Crippen LogP contribution in [-0.4, -0.2) is 31.6 Å². The molecule has 0 aliphatic rings. The van der Waals surface area contributed by atoms with Gasteiger partial charge in [0.15, 0.2) is 5.76 Å². The van der Waals surface area contributed by atoms with Gasteiger partial charge in [-0.05, 0) is 42.8 Å². The number of nitrogens with one attached hydrogen (secondary N) is 1. The van der Waals surface area contributed by atoms with E-state index in [4.69, 9.17) is 9.15 Å². The Morgan fingerprint density at radius 3 is 2.77 bits per heavy atom. The second-order valence-electron chi connectivity index (χ2n) is 5.91. The van der Waals surface area contributed by atoms with Crippen molar-refractivity contribution >= 4 is 10.0 Å². The summed E-state index contributed by atoms with van der Waals surface area (Å²) in [6.45, 7) is 1.99. The lowest BCUT2D eigenvalue weighted by molar-refractivity contribution is 0.414. The molecule has 0 fully saturated rings. The summed E-state index contributed by atoms with van der Waals surface area (Å²) in [6, 6.07) is 8.52. The van der Waals surface area contributed by atoms with Crippen molar-refractivity contribution < 1.29 is 17.6 Å². The zero-order valence-electron chi connectivity index (χ0n) is 14.9. The average molecular weight is 375 g/mol. The Labute approximate surface area is 152 Å². The quantitative estimate of drug-likeness (QED) is 0.686. The van der Waals surface area contributed by atoms with E-state index in [0.717, 1.165) is 11.5 Å². The van der Waals surface area contributed by atoms with Crippen molar-refractivity contribution in [1.29, 1.82) is 0 Å². The number of aryl methyl sites for hydroxylation is 2. The summed E-state index contributed by atoms with van der Waals surface area (Å²) in [5, 5.41) is 0. The molecule has 3 rings (SSSR count). The SMILES string of the molecule is COc1ccc(S(=O)(=O)NCCc2nc(-c3ccco3)cn2C)c(C)c1. The molecule has 0 amide bonds. The zero-order valence-corrected chi connectivity index (χ0v) is 15.7. The molecule has 7 nitrogen and oxygen atoms in total. The molecule has 26 heavy (non-hydrogen) atoms. The van der Waals surface area contributed by atoms with Crippen molar-refractivity contribution in [2.24, 2.45) is 7.05 Å². The second kappa shape index (κ2) is 7.35. The van der Waals surface area contributed by atoms with Crippen molar-refractivity contribution in [1.82, 2.24) is 14.3 Å². The lowest BCUT2D eigenvalue weighted by Gasteiger charge is -2.10. The third-order valence-electron chi connectivity index (χ3n) is 4.06. The fourth-order valence-corrected chi connectivity index (χ4v) is 3.96. The van der Waals surface area contributed by atoms with E-state index in [9.17, 15) is 8.42 Å². The molecule has 3 aromatic rings. The first-order valence-corrected chi connectivity index (χ1v) is 9.59. The highest BCUT2D eigenvalue weighted by Gasteiger charge is 2.17. The molecule has 2 aromatic heterocycles. The van der Waals surface area contributed by atoms with Gasteiger partial charge in [-0.25, -0.2) is 18.1 Å². The van der Waals surface area contributed by atoms with Crippen LogP contribution in [0.2, 0.25) is 0 Å². The number of imidazole rings is 1. The predicted molar refractivity (Wildman–Crippen MR) is 97.5 cm³/mol. The Morgan fingerprint density at radius 2 is 2.12 bits per heavy atom. The molecular weight excluding hydrogens is 354 g/mol. The van der Waals surface area contributed by atoms with Gasteiger partial charge in [0.1, 0.15) is 17.3 Å². The van der Waals surface area contributed by atoms with Crippen LogP contribution in [0.3, 0.4) is 0 Å². The number of hydrogen-bond acceptors (Lipinski definition) is 5. The Bertz CT molecular complexity index is 992. The summed E-state index contributed by atoms with van der Waals surface area (Å²) in [6.07, 6.45) is 3.91. The van der Waals surface area contributed by atoms with Gasteiger partial charge in [0.25, 0.3) is 0 Å². The maximum Gasteiger partial charge on any atom is 0.240 e. The van der Waals surface area contributed by atoms with Gasteiger partial charge in [0.2, 0.25) is 10.0 Å². The Kier molecular flexibility index (Phi) is 5.15. The lowest BCUT2D eigenvalue weighted by Crippen LogP contribution is -2.27. The molecule has 8 heteroatoms. The van der Waals surface area contributed by atoms with Crippen LogP contribution in [0, 0.1) is 6.92 Å². The molecule has 0 aliphatic carbocycles. The number of nitrogens with zero attached hydrogens (tertiary/aromatic N) is 2.